The van der Waals surface area contributed by atoms with E-state index >= 15 is 0 Å². The third-order valence-electron chi connectivity index (χ3n) is 6.17. The quantitative estimate of drug-likeness (QED) is 0.475. The molecule has 0 atom stereocenters. The summed E-state index contributed by atoms with van der Waals surface area (Å²) in [7, 11) is 0. The first-order chi connectivity index (χ1) is 14.7. The molecule has 1 aromatic heterocycles. The topological polar surface area (TPSA) is 47.0 Å². The van der Waals surface area contributed by atoms with E-state index in [-0.39, 0.29) is 0 Å². The van der Waals surface area contributed by atoms with Gasteiger partial charge in [-0.25, -0.2) is 9.97 Å². The first-order valence-electron chi connectivity index (χ1n) is 11.4. The lowest BCUT2D eigenvalue weighted by Crippen LogP contribution is -2.15. The summed E-state index contributed by atoms with van der Waals surface area (Å²) in [5.74, 6) is 3.06. The molecule has 0 radical (unpaired) electrons. The van der Waals surface area contributed by atoms with Crippen LogP contribution in [0.25, 0.3) is 10.9 Å². The number of hydrogen-bond acceptors (Lipinski definition) is 4. The fourth-order valence-corrected chi connectivity index (χ4v) is 4.23. The number of fused-ring (bicyclic) bond motifs is 1. The van der Waals surface area contributed by atoms with Gasteiger partial charge in [0.15, 0.2) is 0 Å². The van der Waals surface area contributed by atoms with E-state index < -0.39 is 0 Å². The van der Waals surface area contributed by atoms with Crippen molar-refractivity contribution >= 4 is 16.7 Å². The minimum absolute atomic E-state index is 0.570. The molecule has 0 aliphatic heterocycles. The minimum atomic E-state index is 0.570. The highest BCUT2D eigenvalue weighted by molar-refractivity contribution is 5.89. The van der Waals surface area contributed by atoms with Gasteiger partial charge in [-0.2, -0.15) is 0 Å². The summed E-state index contributed by atoms with van der Waals surface area (Å²) < 4.78 is 6.08. The standard InChI is InChI=1S/C26H33N3O/c1-19(2)22-10-8-20(9-11-22)14-15-27-26-24-13-12-23(16-25(24)28-18-29-26)30-17-21-6-4-3-5-7-21/h8-13,16,18-19,21H,3-7,14-15,17H2,1-2H3,(H,27,28,29). The van der Waals surface area contributed by atoms with Crippen molar-refractivity contribution in [2.45, 2.75) is 58.3 Å². The second-order valence-corrected chi connectivity index (χ2v) is 8.79. The summed E-state index contributed by atoms with van der Waals surface area (Å²) in [4.78, 5) is 8.92. The molecule has 1 fully saturated rings. The number of hydrogen-bond donors (Lipinski definition) is 1. The van der Waals surface area contributed by atoms with Gasteiger partial charge in [-0.15, -0.1) is 0 Å². The van der Waals surface area contributed by atoms with Crippen LogP contribution in [0.5, 0.6) is 5.75 Å². The van der Waals surface area contributed by atoms with E-state index in [2.05, 4.69) is 59.5 Å². The molecule has 2 aromatic carbocycles. The molecule has 0 amide bonds. The molecule has 1 aliphatic rings. The predicted molar refractivity (Wildman–Crippen MR) is 124 cm³/mol. The van der Waals surface area contributed by atoms with Gasteiger partial charge in [-0.05, 0) is 54.4 Å². The Morgan fingerprint density at radius 3 is 2.57 bits per heavy atom. The fraction of sp³-hybridized carbons (Fsp3) is 0.462. The van der Waals surface area contributed by atoms with Crippen molar-refractivity contribution in [2.24, 2.45) is 5.92 Å². The molecule has 0 unspecified atom stereocenters. The fourth-order valence-electron chi connectivity index (χ4n) is 4.23. The van der Waals surface area contributed by atoms with Gasteiger partial charge in [-0.1, -0.05) is 57.4 Å². The van der Waals surface area contributed by atoms with E-state index in [0.717, 1.165) is 42.0 Å². The van der Waals surface area contributed by atoms with Crippen molar-refractivity contribution in [3.8, 4) is 5.75 Å². The number of nitrogens with zero attached hydrogens (tertiary/aromatic N) is 2. The molecular formula is C26H33N3O. The first kappa shape index (κ1) is 20.6. The summed E-state index contributed by atoms with van der Waals surface area (Å²) in [5.41, 5.74) is 3.65. The lowest BCUT2D eigenvalue weighted by atomic mass is 9.90. The molecule has 1 heterocycles. The van der Waals surface area contributed by atoms with Crippen molar-refractivity contribution in [3.05, 3.63) is 59.9 Å². The van der Waals surface area contributed by atoms with E-state index in [1.807, 2.05) is 12.1 Å². The van der Waals surface area contributed by atoms with Crippen LogP contribution in [0.2, 0.25) is 0 Å². The number of rotatable bonds is 8. The molecule has 30 heavy (non-hydrogen) atoms. The Hall–Kier alpha value is -2.62. The number of aromatic nitrogens is 2. The van der Waals surface area contributed by atoms with Crippen LogP contribution >= 0.6 is 0 Å². The van der Waals surface area contributed by atoms with E-state index in [0.29, 0.717) is 11.8 Å². The predicted octanol–water partition coefficient (Wildman–Crippen LogP) is 6.37. The number of benzene rings is 2. The maximum Gasteiger partial charge on any atom is 0.137 e. The molecule has 4 heteroatoms. The van der Waals surface area contributed by atoms with Crippen LogP contribution in [-0.4, -0.2) is 23.1 Å². The third kappa shape index (κ3) is 5.29. The van der Waals surface area contributed by atoms with Gasteiger partial charge in [0.25, 0.3) is 0 Å². The highest BCUT2D eigenvalue weighted by Crippen LogP contribution is 2.27. The van der Waals surface area contributed by atoms with E-state index in [1.54, 1.807) is 6.33 Å². The zero-order valence-electron chi connectivity index (χ0n) is 18.2. The summed E-state index contributed by atoms with van der Waals surface area (Å²) in [5, 5.41) is 4.52. The van der Waals surface area contributed by atoms with Crippen LogP contribution in [0, 0.1) is 5.92 Å². The molecule has 3 aromatic rings. The summed E-state index contributed by atoms with van der Waals surface area (Å²) >= 11 is 0. The van der Waals surface area contributed by atoms with Crippen LogP contribution < -0.4 is 10.1 Å². The van der Waals surface area contributed by atoms with E-state index in [1.165, 1.54) is 43.2 Å². The second-order valence-electron chi connectivity index (χ2n) is 8.79. The molecular weight excluding hydrogens is 370 g/mol. The van der Waals surface area contributed by atoms with Gasteiger partial charge < -0.3 is 10.1 Å². The number of anilines is 1. The molecule has 158 valence electrons. The van der Waals surface area contributed by atoms with Crippen molar-refractivity contribution in [3.63, 3.8) is 0 Å². The van der Waals surface area contributed by atoms with Gasteiger partial charge in [0.1, 0.15) is 17.9 Å². The molecule has 1 saturated carbocycles. The van der Waals surface area contributed by atoms with Crippen LogP contribution in [0.3, 0.4) is 0 Å². The average Bonchev–Trinajstić information content (AvgIpc) is 2.78. The van der Waals surface area contributed by atoms with Gasteiger partial charge in [0, 0.05) is 18.0 Å². The van der Waals surface area contributed by atoms with Gasteiger partial charge in [-0.3, -0.25) is 0 Å². The zero-order chi connectivity index (χ0) is 20.8. The van der Waals surface area contributed by atoms with Crippen molar-refractivity contribution in [1.82, 2.24) is 9.97 Å². The SMILES string of the molecule is CC(C)c1ccc(CCNc2ncnc3cc(OCC4CCCCC4)ccc23)cc1. The highest BCUT2D eigenvalue weighted by atomic mass is 16.5. The summed E-state index contributed by atoms with van der Waals surface area (Å²) in [6, 6.07) is 15.1. The molecule has 0 bridgehead atoms. The molecule has 4 nitrogen and oxygen atoms in total. The van der Waals surface area contributed by atoms with Crippen molar-refractivity contribution in [2.75, 3.05) is 18.5 Å². The summed E-state index contributed by atoms with van der Waals surface area (Å²) in [6.45, 7) is 6.11. The number of ether oxygens (including phenoxy) is 1. The maximum atomic E-state index is 6.08. The first-order valence-corrected chi connectivity index (χ1v) is 11.4. The molecule has 1 N–H and O–H groups in total. The number of nitrogens with one attached hydrogen (secondary N) is 1. The Bertz CT molecular complexity index is 946. The third-order valence-corrected chi connectivity index (χ3v) is 6.17. The lowest BCUT2D eigenvalue weighted by Gasteiger charge is -2.21. The Balaban J connectivity index is 1.35. The molecule has 0 spiro atoms. The van der Waals surface area contributed by atoms with Crippen LogP contribution in [0.15, 0.2) is 48.8 Å². The molecule has 0 saturated heterocycles. The zero-order valence-corrected chi connectivity index (χ0v) is 18.2. The van der Waals surface area contributed by atoms with Crippen LogP contribution in [0.1, 0.15) is 63.0 Å². The largest absolute Gasteiger partial charge is 0.493 e. The van der Waals surface area contributed by atoms with Gasteiger partial charge in [0.2, 0.25) is 0 Å². The van der Waals surface area contributed by atoms with Crippen LogP contribution in [-0.2, 0) is 6.42 Å². The Morgan fingerprint density at radius 2 is 1.80 bits per heavy atom. The normalized spacial score (nSPS) is 14.9. The average molecular weight is 404 g/mol. The maximum absolute atomic E-state index is 6.08. The highest BCUT2D eigenvalue weighted by Gasteiger charge is 2.14. The van der Waals surface area contributed by atoms with Gasteiger partial charge >= 0.3 is 0 Å². The second kappa shape index (κ2) is 9.92. The van der Waals surface area contributed by atoms with E-state index in [9.17, 15) is 0 Å². The minimum Gasteiger partial charge on any atom is -0.493 e. The lowest BCUT2D eigenvalue weighted by molar-refractivity contribution is 0.209. The van der Waals surface area contributed by atoms with E-state index in [4.69, 9.17) is 4.74 Å². The Morgan fingerprint density at radius 1 is 1.00 bits per heavy atom. The Kier molecular flexibility index (Phi) is 6.83. The summed E-state index contributed by atoms with van der Waals surface area (Å²) in [6.07, 6.45) is 9.25. The smallest absolute Gasteiger partial charge is 0.137 e. The Labute approximate surface area is 180 Å². The van der Waals surface area contributed by atoms with Gasteiger partial charge in [0.05, 0.1) is 12.1 Å². The monoisotopic (exact) mass is 403 g/mol. The van der Waals surface area contributed by atoms with Crippen molar-refractivity contribution < 1.29 is 4.74 Å². The molecule has 4 rings (SSSR count). The van der Waals surface area contributed by atoms with Crippen molar-refractivity contribution in [1.29, 1.82) is 0 Å². The van der Waals surface area contributed by atoms with Crippen LogP contribution in [0.4, 0.5) is 5.82 Å². The molecule has 1 aliphatic carbocycles.